The summed E-state index contributed by atoms with van der Waals surface area (Å²) in [6.07, 6.45) is 2.82. The third-order valence-corrected chi connectivity index (χ3v) is 4.83. The smallest absolute Gasteiger partial charge is 0.379 e. The Kier molecular flexibility index (Phi) is 7.67. The fraction of sp³-hybridized carbons (Fsp3) is 0.174. The first-order valence-electron chi connectivity index (χ1n) is 9.52. The Morgan fingerprint density at radius 1 is 1.16 bits per heavy atom. The summed E-state index contributed by atoms with van der Waals surface area (Å²) in [5.74, 6) is 0.182. The molecule has 0 aliphatic heterocycles. The third kappa shape index (κ3) is 5.98. The number of nitrogens with one attached hydrogen (secondary N) is 1. The number of carbonyl (C=O) groups excluding carboxylic acids is 2. The minimum absolute atomic E-state index is 0.0792. The number of carbonyl (C=O) groups is 2. The molecular formula is C23H21BrN2O6. The summed E-state index contributed by atoms with van der Waals surface area (Å²) < 4.78 is 22.0. The molecule has 0 aliphatic carbocycles. The molecule has 9 heteroatoms. The highest BCUT2D eigenvalue weighted by Gasteiger charge is 2.15. The van der Waals surface area contributed by atoms with E-state index in [2.05, 4.69) is 26.5 Å². The van der Waals surface area contributed by atoms with Gasteiger partial charge >= 0.3 is 5.97 Å². The van der Waals surface area contributed by atoms with E-state index >= 15 is 0 Å². The zero-order valence-electron chi connectivity index (χ0n) is 17.7. The van der Waals surface area contributed by atoms with Gasteiger partial charge in [0.2, 0.25) is 5.76 Å². The highest BCUT2D eigenvalue weighted by Crippen LogP contribution is 2.30. The van der Waals surface area contributed by atoms with E-state index in [1.54, 1.807) is 24.3 Å². The number of benzene rings is 2. The fourth-order valence-electron chi connectivity index (χ4n) is 2.83. The summed E-state index contributed by atoms with van der Waals surface area (Å²) >= 11 is 3.44. The highest BCUT2D eigenvalue weighted by atomic mass is 79.9. The highest BCUT2D eigenvalue weighted by molar-refractivity contribution is 9.10. The van der Waals surface area contributed by atoms with E-state index in [1.165, 1.54) is 25.7 Å². The molecule has 1 amide bonds. The molecule has 0 aliphatic rings. The van der Waals surface area contributed by atoms with Crippen molar-refractivity contribution in [3.05, 3.63) is 75.7 Å². The van der Waals surface area contributed by atoms with Crippen molar-refractivity contribution >= 4 is 34.0 Å². The second-order valence-electron chi connectivity index (χ2n) is 6.75. The van der Waals surface area contributed by atoms with Crippen LogP contribution < -0.4 is 19.6 Å². The van der Waals surface area contributed by atoms with Gasteiger partial charge in [-0.05, 0) is 82.9 Å². The van der Waals surface area contributed by atoms with E-state index in [4.69, 9.17) is 18.6 Å². The van der Waals surface area contributed by atoms with Crippen LogP contribution in [0.15, 0.2) is 62.7 Å². The van der Waals surface area contributed by atoms with Crippen LogP contribution in [0.3, 0.4) is 0 Å². The van der Waals surface area contributed by atoms with Crippen LogP contribution in [0.1, 0.15) is 27.2 Å². The maximum absolute atomic E-state index is 12.1. The van der Waals surface area contributed by atoms with Gasteiger partial charge in [0.05, 0.1) is 24.1 Å². The van der Waals surface area contributed by atoms with Gasteiger partial charge in [0.25, 0.3) is 5.91 Å². The molecule has 3 rings (SSSR count). The normalized spacial score (nSPS) is 10.8. The Labute approximate surface area is 193 Å². The summed E-state index contributed by atoms with van der Waals surface area (Å²) in [7, 11) is 1.45. The van der Waals surface area contributed by atoms with Gasteiger partial charge in [0.15, 0.2) is 18.1 Å². The number of methoxy groups -OCH3 is 1. The molecule has 0 saturated heterocycles. The van der Waals surface area contributed by atoms with Gasteiger partial charge in [-0.3, -0.25) is 4.79 Å². The van der Waals surface area contributed by atoms with Gasteiger partial charge in [0, 0.05) is 0 Å². The first-order chi connectivity index (χ1) is 15.4. The first kappa shape index (κ1) is 23.1. The molecule has 1 N–H and O–H groups in total. The van der Waals surface area contributed by atoms with Crippen LogP contribution in [-0.2, 0) is 4.79 Å². The van der Waals surface area contributed by atoms with Crippen LogP contribution in [0.2, 0.25) is 0 Å². The average molecular weight is 501 g/mol. The van der Waals surface area contributed by atoms with Crippen molar-refractivity contribution in [1.82, 2.24) is 5.43 Å². The van der Waals surface area contributed by atoms with Crippen LogP contribution in [-0.4, -0.2) is 31.8 Å². The molecule has 2 aromatic carbocycles. The van der Waals surface area contributed by atoms with Gasteiger partial charge in [-0.1, -0.05) is 6.07 Å². The summed E-state index contributed by atoms with van der Waals surface area (Å²) in [5, 5.41) is 3.92. The Bertz CT molecular complexity index is 1120. The zero-order valence-corrected chi connectivity index (χ0v) is 19.3. The van der Waals surface area contributed by atoms with E-state index in [-0.39, 0.29) is 18.1 Å². The number of rotatable bonds is 8. The van der Waals surface area contributed by atoms with E-state index in [0.717, 1.165) is 15.6 Å². The fourth-order valence-corrected chi connectivity index (χ4v) is 3.62. The molecule has 32 heavy (non-hydrogen) atoms. The molecule has 3 aromatic rings. The van der Waals surface area contributed by atoms with Gasteiger partial charge in [-0.2, -0.15) is 5.10 Å². The second-order valence-corrected chi connectivity index (χ2v) is 7.61. The molecule has 1 aromatic heterocycles. The van der Waals surface area contributed by atoms with Crippen molar-refractivity contribution in [2.45, 2.75) is 13.8 Å². The van der Waals surface area contributed by atoms with Crippen molar-refractivity contribution in [1.29, 1.82) is 0 Å². The molecule has 8 nitrogen and oxygen atoms in total. The lowest BCUT2D eigenvalue weighted by molar-refractivity contribution is -0.123. The van der Waals surface area contributed by atoms with Crippen LogP contribution in [0.25, 0.3) is 0 Å². The molecule has 0 fully saturated rings. The minimum atomic E-state index is -0.641. The standard InChI is InChI=1S/C23H21BrN2O6/c1-14-9-15(2)22(17(24)10-14)31-13-21(27)26-25-12-16-6-7-18(20(11-16)29-3)32-23(28)19-5-4-8-30-19/h4-12H,13H2,1-3H3,(H,26,27)/b25-12+. The lowest BCUT2D eigenvalue weighted by Crippen LogP contribution is -2.24. The van der Waals surface area contributed by atoms with Crippen LogP contribution in [0.4, 0.5) is 0 Å². The number of ether oxygens (including phenoxy) is 3. The Morgan fingerprint density at radius 3 is 2.66 bits per heavy atom. The number of hydrogen-bond acceptors (Lipinski definition) is 7. The van der Waals surface area contributed by atoms with Crippen LogP contribution >= 0.6 is 15.9 Å². The van der Waals surface area contributed by atoms with Crippen LogP contribution in [0.5, 0.6) is 17.2 Å². The quantitative estimate of drug-likeness (QED) is 0.213. The average Bonchev–Trinajstić information content (AvgIpc) is 3.29. The largest absolute Gasteiger partial charge is 0.493 e. The topological polar surface area (TPSA) is 99.4 Å². The predicted octanol–water partition coefficient (Wildman–Crippen LogP) is 4.42. The monoisotopic (exact) mass is 500 g/mol. The third-order valence-electron chi connectivity index (χ3n) is 4.24. The SMILES string of the molecule is COc1cc(/C=N/NC(=O)COc2c(C)cc(C)cc2Br)ccc1OC(=O)c1ccco1. The molecule has 0 bridgehead atoms. The van der Waals surface area contributed by atoms with Crippen molar-refractivity contribution in [3.63, 3.8) is 0 Å². The van der Waals surface area contributed by atoms with Crippen molar-refractivity contribution < 1.29 is 28.2 Å². The van der Waals surface area contributed by atoms with Crippen molar-refractivity contribution in [3.8, 4) is 17.2 Å². The van der Waals surface area contributed by atoms with Gasteiger partial charge < -0.3 is 18.6 Å². The van der Waals surface area contributed by atoms with Gasteiger partial charge in [-0.15, -0.1) is 0 Å². The molecule has 0 unspecified atom stereocenters. The summed E-state index contributed by atoms with van der Waals surface area (Å²) in [4.78, 5) is 24.1. The lowest BCUT2D eigenvalue weighted by Gasteiger charge is -2.11. The number of amides is 1. The van der Waals surface area contributed by atoms with Crippen molar-refractivity contribution in [2.75, 3.05) is 13.7 Å². The molecular weight excluding hydrogens is 480 g/mol. The van der Waals surface area contributed by atoms with Crippen LogP contribution in [0, 0.1) is 13.8 Å². The maximum Gasteiger partial charge on any atom is 0.379 e. The first-order valence-corrected chi connectivity index (χ1v) is 10.3. The molecule has 0 radical (unpaired) electrons. The summed E-state index contributed by atoms with van der Waals surface area (Å²) in [6.45, 7) is 3.70. The number of hydrogen-bond donors (Lipinski definition) is 1. The molecule has 0 saturated carbocycles. The molecule has 1 heterocycles. The number of nitrogens with zero attached hydrogens (tertiary/aromatic N) is 1. The van der Waals surface area contributed by atoms with Gasteiger partial charge in [-0.25, -0.2) is 10.2 Å². The second kappa shape index (κ2) is 10.6. The number of aryl methyl sites for hydroxylation is 2. The van der Waals surface area contributed by atoms with Crippen molar-refractivity contribution in [2.24, 2.45) is 5.10 Å². The Morgan fingerprint density at radius 2 is 1.97 bits per heavy atom. The molecule has 0 atom stereocenters. The van der Waals surface area contributed by atoms with E-state index < -0.39 is 11.9 Å². The van der Waals surface area contributed by atoms with E-state index in [1.807, 2.05) is 26.0 Å². The molecule has 0 spiro atoms. The number of furan rings is 1. The Hall–Kier alpha value is -3.59. The molecule has 166 valence electrons. The lowest BCUT2D eigenvalue weighted by atomic mass is 10.1. The minimum Gasteiger partial charge on any atom is -0.493 e. The number of halogens is 1. The Balaban J connectivity index is 1.57. The maximum atomic E-state index is 12.1. The number of esters is 1. The van der Waals surface area contributed by atoms with E-state index in [0.29, 0.717) is 17.1 Å². The summed E-state index contributed by atoms with van der Waals surface area (Å²) in [5.41, 5.74) is 5.04. The zero-order chi connectivity index (χ0) is 23.1. The predicted molar refractivity (Wildman–Crippen MR) is 122 cm³/mol. The summed E-state index contributed by atoms with van der Waals surface area (Å²) in [6, 6.07) is 11.8. The van der Waals surface area contributed by atoms with E-state index in [9.17, 15) is 9.59 Å². The van der Waals surface area contributed by atoms with Gasteiger partial charge in [0.1, 0.15) is 5.75 Å². The number of hydrazone groups is 1.